The zero-order valence-electron chi connectivity index (χ0n) is 10.2. The van der Waals surface area contributed by atoms with Crippen molar-refractivity contribution in [2.75, 3.05) is 5.73 Å². The minimum Gasteiger partial charge on any atom is -0.382 e. The number of benzene rings is 1. The molecule has 0 saturated carbocycles. The lowest BCUT2D eigenvalue weighted by Crippen LogP contribution is -2.04. The van der Waals surface area contributed by atoms with Gasteiger partial charge in [-0.1, -0.05) is 23.7 Å². The average Bonchev–Trinajstić information content (AvgIpc) is 2.37. The molecule has 0 radical (unpaired) electrons. The Hall–Kier alpha value is -1.77. The SMILES string of the molecule is Cc1nc(CSc2ccccc2Cl)nc(N)c1C#N. The number of halogens is 1. The molecular formula is C13H11ClN4S. The van der Waals surface area contributed by atoms with Crippen molar-refractivity contribution >= 4 is 29.2 Å². The number of nitrogen functional groups attached to an aromatic ring is 1. The molecular weight excluding hydrogens is 280 g/mol. The van der Waals surface area contributed by atoms with E-state index < -0.39 is 0 Å². The summed E-state index contributed by atoms with van der Waals surface area (Å²) in [5.41, 5.74) is 6.66. The van der Waals surface area contributed by atoms with Gasteiger partial charge in [0.1, 0.15) is 23.3 Å². The lowest BCUT2D eigenvalue weighted by atomic mass is 10.2. The topological polar surface area (TPSA) is 75.6 Å². The maximum Gasteiger partial charge on any atom is 0.145 e. The molecule has 1 aromatic carbocycles. The number of hydrogen-bond donors (Lipinski definition) is 1. The van der Waals surface area contributed by atoms with E-state index in [2.05, 4.69) is 9.97 Å². The molecule has 2 rings (SSSR count). The van der Waals surface area contributed by atoms with Gasteiger partial charge in [-0.3, -0.25) is 0 Å². The van der Waals surface area contributed by atoms with Crippen LogP contribution in [0.1, 0.15) is 17.1 Å². The number of hydrogen-bond acceptors (Lipinski definition) is 5. The summed E-state index contributed by atoms with van der Waals surface area (Å²) in [6.07, 6.45) is 0. The van der Waals surface area contributed by atoms with Crippen molar-refractivity contribution < 1.29 is 0 Å². The Balaban J connectivity index is 2.17. The van der Waals surface area contributed by atoms with E-state index in [0.29, 0.717) is 27.9 Å². The van der Waals surface area contributed by atoms with Crippen LogP contribution in [-0.4, -0.2) is 9.97 Å². The fourth-order valence-corrected chi connectivity index (χ4v) is 2.66. The van der Waals surface area contributed by atoms with Crippen LogP contribution >= 0.6 is 23.4 Å². The lowest BCUT2D eigenvalue weighted by Gasteiger charge is -2.06. The van der Waals surface area contributed by atoms with Crippen LogP contribution in [0.25, 0.3) is 0 Å². The molecule has 96 valence electrons. The number of aryl methyl sites for hydroxylation is 1. The van der Waals surface area contributed by atoms with Crippen molar-refractivity contribution in [1.29, 1.82) is 5.26 Å². The van der Waals surface area contributed by atoms with Gasteiger partial charge in [0, 0.05) is 4.90 Å². The summed E-state index contributed by atoms with van der Waals surface area (Å²) in [5, 5.41) is 9.60. The van der Waals surface area contributed by atoms with E-state index in [1.807, 2.05) is 30.3 Å². The van der Waals surface area contributed by atoms with Gasteiger partial charge in [-0.25, -0.2) is 9.97 Å². The van der Waals surface area contributed by atoms with Crippen molar-refractivity contribution in [3.05, 3.63) is 46.4 Å². The summed E-state index contributed by atoms with van der Waals surface area (Å²) in [7, 11) is 0. The molecule has 1 heterocycles. The molecule has 19 heavy (non-hydrogen) atoms. The summed E-state index contributed by atoms with van der Waals surface area (Å²) in [5.74, 6) is 1.38. The summed E-state index contributed by atoms with van der Waals surface area (Å²) in [6.45, 7) is 1.75. The van der Waals surface area contributed by atoms with E-state index in [1.54, 1.807) is 6.92 Å². The number of nitriles is 1. The van der Waals surface area contributed by atoms with Crippen LogP contribution < -0.4 is 5.73 Å². The summed E-state index contributed by atoms with van der Waals surface area (Å²) in [6, 6.07) is 9.58. The van der Waals surface area contributed by atoms with Gasteiger partial charge in [-0.2, -0.15) is 5.26 Å². The Morgan fingerprint density at radius 1 is 1.37 bits per heavy atom. The smallest absolute Gasteiger partial charge is 0.145 e. The number of anilines is 1. The van der Waals surface area contributed by atoms with Crippen molar-refractivity contribution in [3.63, 3.8) is 0 Å². The minimum atomic E-state index is 0.227. The van der Waals surface area contributed by atoms with Gasteiger partial charge in [0.2, 0.25) is 0 Å². The zero-order valence-corrected chi connectivity index (χ0v) is 11.8. The molecule has 0 fully saturated rings. The molecule has 2 aromatic rings. The van der Waals surface area contributed by atoms with Crippen LogP contribution in [0.3, 0.4) is 0 Å². The monoisotopic (exact) mass is 290 g/mol. The van der Waals surface area contributed by atoms with Gasteiger partial charge >= 0.3 is 0 Å². The second-order valence-electron chi connectivity index (χ2n) is 3.82. The first-order chi connectivity index (χ1) is 9.11. The molecule has 0 aliphatic rings. The Morgan fingerprint density at radius 2 is 2.11 bits per heavy atom. The number of rotatable bonds is 3. The first kappa shape index (κ1) is 13.7. The molecule has 0 aliphatic heterocycles. The summed E-state index contributed by atoms with van der Waals surface area (Å²) in [4.78, 5) is 9.37. The second kappa shape index (κ2) is 5.91. The third-order valence-electron chi connectivity index (χ3n) is 2.47. The van der Waals surface area contributed by atoms with Gasteiger partial charge in [0.15, 0.2) is 0 Å². The molecule has 2 N–H and O–H groups in total. The molecule has 4 nitrogen and oxygen atoms in total. The number of aromatic nitrogens is 2. The third-order valence-corrected chi connectivity index (χ3v) is 3.98. The normalized spacial score (nSPS) is 10.2. The first-order valence-corrected chi connectivity index (χ1v) is 6.88. The van der Waals surface area contributed by atoms with Crippen LogP contribution in [0.4, 0.5) is 5.82 Å². The Kier molecular flexibility index (Phi) is 4.25. The van der Waals surface area contributed by atoms with Gasteiger partial charge in [0.05, 0.1) is 16.5 Å². The Bertz CT molecular complexity index is 628. The molecule has 0 bridgehead atoms. The van der Waals surface area contributed by atoms with Crippen LogP contribution in [0.2, 0.25) is 5.02 Å². The van der Waals surface area contributed by atoms with Crippen LogP contribution in [0.5, 0.6) is 0 Å². The van der Waals surface area contributed by atoms with Gasteiger partial charge in [0.25, 0.3) is 0 Å². The Morgan fingerprint density at radius 3 is 2.74 bits per heavy atom. The molecule has 0 atom stereocenters. The molecule has 0 saturated heterocycles. The predicted octanol–water partition coefficient (Wildman–Crippen LogP) is 3.18. The largest absolute Gasteiger partial charge is 0.382 e. The maximum absolute atomic E-state index is 8.90. The molecule has 1 aromatic heterocycles. The van der Waals surface area contributed by atoms with Gasteiger partial charge < -0.3 is 5.73 Å². The molecule has 0 aliphatic carbocycles. The van der Waals surface area contributed by atoms with E-state index >= 15 is 0 Å². The quantitative estimate of drug-likeness (QED) is 0.879. The highest BCUT2D eigenvalue weighted by molar-refractivity contribution is 7.98. The molecule has 0 amide bonds. The number of nitrogens with zero attached hydrogens (tertiary/aromatic N) is 3. The highest BCUT2D eigenvalue weighted by Gasteiger charge is 2.09. The van der Waals surface area contributed by atoms with E-state index in [0.717, 1.165) is 4.90 Å². The standard InChI is InChI=1S/C13H11ClN4S/c1-8-9(6-15)13(16)18-12(17-8)7-19-11-5-3-2-4-10(11)14/h2-5H,7H2,1H3,(H2,16,17,18). The predicted molar refractivity (Wildman–Crippen MR) is 76.9 cm³/mol. The highest BCUT2D eigenvalue weighted by Crippen LogP contribution is 2.29. The van der Waals surface area contributed by atoms with Crippen molar-refractivity contribution in [2.24, 2.45) is 0 Å². The summed E-state index contributed by atoms with van der Waals surface area (Å²) < 4.78 is 0. The minimum absolute atomic E-state index is 0.227. The number of thioether (sulfide) groups is 1. The maximum atomic E-state index is 8.90. The third kappa shape index (κ3) is 3.16. The fourth-order valence-electron chi connectivity index (χ4n) is 1.56. The second-order valence-corrected chi connectivity index (χ2v) is 5.24. The Labute approximate surface area is 120 Å². The van der Waals surface area contributed by atoms with Crippen LogP contribution in [-0.2, 0) is 5.75 Å². The zero-order chi connectivity index (χ0) is 13.8. The molecule has 0 unspecified atom stereocenters. The van der Waals surface area contributed by atoms with E-state index in [4.69, 9.17) is 22.6 Å². The average molecular weight is 291 g/mol. The highest BCUT2D eigenvalue weighted by atomic mass is 35.5. The van der Waals surface area contributed by atoms with Crippen molar-refractivity contribution in [1.82, 2.24) is 9.97 Å². The van der Waals surface area contributed by atoms with E-state index in [1.165, 1.54) is 11.8 Å². The van der Waals surface area contributed by atoms with Gasteiger partial charge in [-0.15, -0.1) is 11.8 Å². The molecule has 6 heteroatoms. The van der Waals surface area contributed by atoms with Gasteiger partial charge in [-0.05, 0) is 19.1 Å². The fraction of sp³-hybridized carbons (Fsp3) is 0.154. The van der Waals surface area contributed by atoms with Crippen LogP contribution in [0, 0.1) is 18.3 Å². The first-order valence-electron chi connectivity index (χ1n) is 5.52. The van der Waals surface area contributed by atoms with E-state index in [-0.39, 0.29) is 5.82 Å². The van der Waals surface area contributed by atoms with Crippen molar-refractivity contribution in [2.45, 2.75) is 17.6 Å². The van der Waals surface area contributed by atoms with Crippen molar-refractivity contribution in [3.8, 4) is 6.07 Å². The van der Waals surface area contributed by atoms with E-state index in [9.17, 15) is 0 Å². The lowest BCUT2D eigenvalue weighted by molar-refractivity contribution is 0.994. The summed E-state index contributed by atoms with van der Waals surface area (Å²) >= 11 is 7.61. The number of nitrogens with two attached hydrogens (primary N) is 1. The van der Waals surface area contributed by atoms with Crippen LogP contribution in [0.15, 0.2) is 29.2 Å². The molecule has 0 spiro atoms.